The summed E-state index contributed by atoms with van der Waals surface area (Å²) in [6, 6.07) is 0.438. The van der Waals surface area contributed by atoms with Crippen molar-refractivity contribution in [2.24, 2.45) is 11.8 Å². The Balaban J connectivity index is 1.50. The molecule has 3 fully saturated rings. The van der Waals surface area contributed by atoms with E-state index in [4.69, 9.17) is 4.74 Å². The van der Waals surface area contributed by atoms with Crippen LogP contribution in [-0.2, 0) is 9.53 Å². The first kappa shape index (κ1) is 8.68. The van der Waals surface area contributed by atoms with Crippen molar-refractivity contribution in [2.75, 3.05) is 19.7 Å². The molecule has 4 heteroatoms. The second kappa shape index (κ2) is 3.21. The van der Waals surface area contributed by atoms with Crippen LogP contribution in [0.15, 0.2) is 0 Å². The van der Waals surface area contributed by atoms with E-state index in [2.05, 4.69) is 10.6 Å². The minimum atomic E-state index is -0.163. The van der Waals surface area contributed by atoms with E-state index in [-0.39, 0.29) is 12.0 Å². The number of nitrogens with one attached hydrogen (secondary N) is 2. The van der Waals surface area contributed by atoms with E-state index < -0.39 is 0 Å². The number of carbonyl (C=O) groups is 1. The van der Waals surface area contributed by atoms with Crippen molar-refractivity contribution < 1.29 is 9.53 Å². The summed E-state index contributed by atoms with van der Waals surface area (Å²) in [5.74, 6) is 1.50. The number of carbonyl (C=O) groups excluding carboxylic acids is 1. The molecule has 3 aliphatic rings. The van der Waals surface area contributed by atoms with E-state index in [1.54, 1.807) is 0 Å². The Bertz CT molecular complexity index is 241. The highest BCUT2D eigenvalue weighted by Gasteiger charge is 2.54. The van der Waals surface area contributed by atoms with Gasteiger partial charge in [0.25, 0.3) is 0 Å². The third kappa shape index (κ3) is 1.33. The van der Waals surface area contributed by atoms with Crippen molar-refractivity contribution in [3.8, 4) is 0 Å². The lowest BCUT2D eigenvalue weighted by Gasteiger charge is -2.11. The fraction of sp³-hybridized carbons (Fsp3) is 0.900. The summed E-state index contributed by atoms with van der Waals surface area (Å²) in [4.78, 5) is 11.7. The minimum absolute atomic E-state index is 0.113. The lowest BCUT2D eigenvalue weighted by Crippen LogP contribution is -2.39. The number of ether oxygens (including phenoxy) is 1. The van der Waals surface area contributed by atoms with Gasteiger partial charge in [-0.05, 0) is 24.7 Å². The van der Waals surface area contributed by atoms with Crippen molar-refractivity contribution in [3.63, 3.8) is 0 Å². The molecule has 0 bridgehead atoms. The summed E-state index contributed by atoms with van der Waals surface area (Å²) >= 11 is 0. The van der Waals surface area contributed by atoms with Gasteiger partial charge in [-0.3, -0.25) is 4.79 Å². The SMILES string of the molecule is O=C(NC1C2CNCC21)[C@H]1CCCO1. The average Bonchev–Trinajstić information content (AvgIpc) is 2.75. The Hall–Kier alpha value is -0.610. The Kier molecular flexibility index (Phi) is 1.99. The van der Waals surface area contributed by atoms with Gasteiger partial charge in [0.15, 0.2) is 0 Å². The fourth-order valence-electron chi connectivity index (χ4n) is 2.67. The molecule has 1 saturated carbocycles. The van der Waals surface area contributed by atoms with Gasteiger partial charge in [-0.15, -0.1) is 0 Å². The van der Waals surface area contributed by atoms with Gasteiger partial charge in [0, 0.05) is 25.7 Å². The normalized spacial score (nSPS) is 44.9. The van der Waals surface area contributed by atoms with Crippen LogP contribution in [0.1, 0.15) is 12.8 Å². The number of rotatable bonds is 2. The molecule has 2 N–H and O–H groups in total. The van der Waals surface area contributed by atoms with Crippen LogP contribution >= 0.6 is 0 Å². The van der Waals surface area contributed by atoms with Gasteiger partial charge in [0.05, 0.1) is 0 Å². The molecule has 78 valence electrons. The zero-order chi connectivity index (χ0) is 9.54. The van der Waals surface area contributed by atoms with Gasteiger partial charge in [0.2, 0.25) is 5.91 Å². The predicted molar refractivity (Wildman–Crippen MR) is 50.8 cm³/mol. The number of piperidine rings is 1. The van der Waals surface area contributed by atoms with Gasteiger partial charge in [-0.2, -0.15) is 0 Å². The van der Waals surface area contributed by atoms with E-state index >= 15 is 0 Å². The number of amides is 1. The maximum absolute atomic E-state index is 11.7. The topological polar surface area (TPSA) is 50.4 Å². The molecule has 2 unspecified atom stereocenters. The van der Waals surface area contributed by atoms with Crippen molar-refractivity contribution >= 4 is 5.91 Å². The smallest absolute Gasteiger partial charge is 0.249 e. The van der Waals surface area contributed by atoms with Crippen LogP contribution in [0.25, 0.3) is 0 Å². The first-order valence-corrected chi connectivity index (χ1v) is 5.49. The van der Waals surface area contributed by atoms with Gasteiger partial charge in [0.1, 0.15) is 6.10 Å². The van der Waals surface area contributed by atoms with Crippen LogP contribution in [0.2, 0.25) is 0 Å². The largest absolute Gasteiger partial charge is 0.368 e. The lowest BCUT2D eigenvalue weighted by atomic mass is 10.2. The molecule has 0 aromatic heterocycles. The third-order valence-electron chi connectivity index (χ3n) is 3.62. The molecule has 0 spiro atoms. The van der Waals surface area contributed by atoms with Crippen LogP contribution in [0.5, 0.6) is 0 Å². The summed E-state index contributed by atoms with van der Waals surface area (Å²) < 4.78 is 5.34. The molecule has 0 aromatic carbocycles. The van der Waals surface area contributed by atoms with E-state index in [1.165, 1.54) is 0 Å². The molecule has 14 heavy (non-hydrogen) atoms. The van der Waals surface area contributed by atoms with E-state index in [0.29, 0.717) is 17.9 Å². The van der Waals surface area contributed by atoms with Crippen LogP contribution in [0.4, 0.5) is 0 Å². The molecule has 2 aliphatic heterocycles. The maximum Gasteiger partial charge on any atom is 0.249 e. The molecule has 3 atom stereocenters. The molecule has 1 aliphatic carbocycles. The molecular weight excluding hydrogens is 180 g/mol. The Morgan fingerprint density at radius 2 is 2.14 bits per heavy atom. The van der Waals surface area contributed by atoms with Gasteiger partial charge in [-0.1, -0.05) is 0 Å². The van der Waals surface area contributed by atoms with Gasteiger partial charge in [-0.25, -0.2) is 0 Å². The van der Waals surface area contributed by atoms with Crippen molar-refractivity contribution in [1.82, 2.24) is 10.6 Å². The van der Waals surface area contributed by atoms with Gasteiger partial charge < -0.3 is 15.4 Å². The molecule has 0 aromatic rings. The van der Waals surface area contributed by atoms with E-state index in [1.807, 2.05) is 0 Å². The minimum Gasteiger partial charge on any atom is -0.368 e. The highest BCUT2D eigenvalue weighted by Crippen LogP contribution is 2.41. The second-order valence-corrected chi connectivity index (χ2v) is 4.52. The van der Waals surface area contributed by atoms with Crippen molar-refractivity contribution in [2.45, 2.75) is 25.0 Å². The summed E-state index contributed by atoms with van der Waals surface area (Å²) in [5.41, 5.74) is 0. The first-order chi connectivity index (χ1) is 6.86. The number of hydrogen-bond donors (Lipinski definition) is 2. The highest BCUT2D eigenvalue weighted by atomic mass is 16.5. The number of fused-ring (bicyclic) bond motifs is 1. The third-order valence-corrected chi connectivity index (χ3v) is 3.62. The molecule has 2 saturated heterocycles. The fourth-order valence-corrected chi connectivity index (χ4v) is 2.67. The zero-order valence-corrected chi connectivity index (χ0v) is 8.16. The molecule has 0 radical (unpaired) electrons. The molecule has 3 rings (SSSR count). The monoisotopic (exact) mass is 196 g/mol. The Morgan fingerprint density at radius 3 is 2.79 bits per heavy atom. The van der Waals surface area contributed by atoms with Crippen LogP contribution in [-0.4, -0.2) is 37.7 Å². The average molecular weight is 196 g/mol. The molecular formula is C10H16N2O2. The summed E-state index contributed by atoms with van der Waals surface area (Å²) in [5, 5.41) is 6.41. The maximum atomic E-state index is 11.7. The summed E-state index contributed by atoms with van der Waals surface area (Å²) in [6.07, 6.45) is 1.76. The van der Waals surface area contributed by atoms with Crippen LogP contribution in [0.3, 0.4) is 0 Å². The highest BCUT2D eigenvalue weighted by molar-refractivity contribution is 5.81. The lowest BCUT2D eigenvalue weighted by molar-refractivity contribution is -0.130. The van der Waals surface area contributed by atoms with Crippen molar-refractivity contribution in [3.05, 3.63) is 0 Å². The van der Waals surface area contributed by atoms with Crippen molar-refractivity contribution in [1.29, 1.82) is 0 Å². The Labute approximate surface area is 83.4 Å². The predicted octanol–water partition coefficient (Wildman–Crippen LogP) is -0.501. The van der Waals surface area contributed by atoms with E-state index in [9.17, 15) is 4.79 Å². The first-order valence-electron chi connectivity index (χ1n) is 5.49. The number of hydrogen-bond acceptors (Lipinski definition) is 3. The van der Waals surface area contributed by atoms with Crippen LogP contribution in [0, 0.1) is 11.8 Å². The van der Waals surface area contributed by atoms with Crippen LogP contribution < -0.4 is 10.6 Å². The molecule has 1 amide bonds. The van der Waals surface area contributed by atoms with E-state index in [0.717, 1.165) is 32.5 Å². The standard InChI is InChI=1S/C10H16N2O2/c13-10(8-2-1-3-14-8)12-9-6-4-11-5-7(6)9/h6-9,11H,1-5H2,(H,12,13)/t6?,7?,8-,9?/m1/s1. The summed E-state index contributed by atoms with van der Waals surface area (Å²) in [7, 11) is 0. The Morgan fingerprint density at radius 1 is 1.36 bits per heavy atom. The zero-order valence-electron chi connectivity index (χ0n) is 8.16. The van der Waals surface area contributed by atoms with Gasteiger partial charge >= 0.3 is 0 Å². The summed E-state index contributed by atoms with van der Waals surface area (Å²) in [6.45, 7) is 2.89. The molecule has 2 heterocycles. The molecule has 4 nitrogen and oxygen atoms in total. The second-order valence-electron chi connectivity index (χ2n) is 4.52. The quantitative estimate of drug-likeness (QED) is 0.626.